The first-order chi connectivity index (χ1) is 5.26. The minimum atomic E-state index is -0.150. The van der Waals surface area contributed by atoms with Crippen molar-refractivity contribution in [2.75, 3.05) is 18.8 Å². The van der Waals surface area contributed by atoms with Crippen molar-refractivity contribution in [3.05, 3.63) is 0 Å². The number of hydrogen-bond donors (Lipinski definition) is 3. The lowest BCUT2D eigenvalue weighted by Gasteiger charge is -2.13. The smallest absolute Gasteiger partial charge is 0.237 e. The Balaban J connectivity index is 0. The van der Waals surface area contributed by atoms with Crippen molar-refractivity contribution in [2.45, 2.75) is 19.9 Å². The fraction of sp³-hybridized carbons (Fsp3) is 0.857. The molecule has 1 atom stereocenters. The summed E-state index contributed by atoms with van der Waals surface area (Å²) in [6.45, 7) is 5.34. The molecule has 0 aliphatic heterocycles. The van der Waals surface area contributed by atoms with Gasteiger partial charge in [-0.15, -0.1) is 12.4 Å². The molecule has 0 saturated heterocycles. The second-order valence-corrected chi connectivity index (χ2v) is 2.55. The molecule has 1 amide bonds. The molecule has 0 fully saturated rings. The third kappa shape index (κ3) is 5.69. The van der Waals surface area contributed by atoms with Crippen molar-refractivity contribution in [2.24, 2.45) is 0 Å². The van der Waals surface area contributed by atoms with Crippen LogP contribution in [-0.4, -0.2) is 30.8 Å². The van der Waals surface area contributed by atoms with Gasteiger partial charge in [0.25, 0.3) is 0 Å². The van der Waals surface area contributed by atoms with E-state index in [-0.39, 0.29) is 24.4 Å². The summed E-state index contributed by atoms with van der Waals surface area (Å²) in [6, 6.07) is -0.150. The Morgan fingerprint density at radius 1 is 1.42 bits per heavy atom. The first kappa shape index (κ1) is 14.6. The molecule has 74 valence electrons. The van der Waals surface area contributed by atoms with Crippen LogP contribution in [0.1, 0.15) is 13.8 Å². The Morgan fingerprint density at radius 2 is 2.00 bits per heavy atom. The van der Waals surface area contributed by atoms with Gasteiger partial charge in [-0.2, -0.15) is 12.6 Å². The molecule has 0 bridgehead atoms. The molecule has 0 rings (SSSR count). The average molecular weight is 213 g/mol. The lowest BCUT2D eigenvalue weighted by Crippen LogP contribution is -2.45. The summed E-state index contributed by atoms with van der Waals surface area (Å²) < 4.78 is 0. The van der Waals surface area contributed by atoms with Gasteiger partial charge in [0.15, 0.2) is 0 Å². The Labute approximate surface area is 85.5 Å². The van der Waals surface area contributed by atoms with Crippen LogP contribution in [0.4, 0.5) is 0 Å². The van der Waals surface area contributed by atoms with Crippen LogP contribution >= 0.6 is 25.0 Å². The SMILES string of the molecule is CCNC(=O)[C@H](CS)NCC.Cl. The number of thiol groups is 1. The topological polar surface area (TPSA) is 41.1 Å². The van der Waals surface area contributed by atoms with Crippen molar-refractivity contribution in [3.63, 3.8) is 0 Å². The second kappa shape index (κ2) is 9.16. The number of halogens is 1. The van der Waals surface area contributed by atoms with Gasteiger partial charge in [-0.3, -0.25) is 4.79 Å². The maximum absolute atomic E-state index is 11.1. The third-order valence-electron chi connectivity index (χ3n) is 1.30. The monoisotopic (exact) mass is 212 g/mol. The van der Waals surface area contributed by atoms with Crippen molar-refractivity contribution in [1.29, 1.82) is 0 Å². The van der Waals surface area contributed by atoms with Crippen LogP contribution < -0.4 is 10.6 Å². The number of rotatable bonds is 5. The quantitative estimate of drug-likeness (QED) is 0.580. The van der Waals surface area contributed by atoms with Gasteiger partial charge in [-0.1, -0.05) is 6.92 Å². The number of amides is 1. The van der Waals surface area contributed by atoms with E-state index in [9.17, 15) is 4.79 Å². The molecule has 0 aliphatic rings. The Morgan fingerprint density at radius 3 is 2.33 bits per heavy atom. The third-order valence-corrected chi connectivity index (χ3v) is 1.67. The molecule has 12 heavy (non-hydrogen) atoms. The molecule has 0 radical (unpaired) electrons. The minimum absolute atomic E-state index is 0. The lowest BCUT2D eigenvalue weighted by atomic mass is 10.3. The van der Waals surface area contributed by atoms with Crippen molar-refractivity contribution < 1.29 is 4.79 Å². The maximum Gasteiger partial charge on any atom is 0.237 e. The van der Waals surface area contributed by atoms with E-state index in [4.69, 9.17) is 0 Å². The van der Waals surface area contributed by atoms with Crippen LogP contribution in [0.2, 0.25) is 0 Å². The molecular weight excluding hydrogens is 196 g/mol. The van der Waals surface area contributed by atoms with Crippen LogP contribution in [0.15, 0.2) is 0 Å². The number of nitrogens with one attached hydrogen (secondary N) is 2. The summed E-state index contributed by atoms with van der Waals surface area (Å²) in [5, 5.41) is 5.76. The van der Waals surface area contributed by atoms with E-state index in [1.807, 2.05) is 13.8 Å². The molecule has 0 saturated carbocycles. The summed E-state index contributed by atoms with van der Waals surface area (Å²) in [5.41, 5.74) is 0. The number of likely N-dealkylation sites (N-methyl/N-ethyl adjacent to an activating group) is 2. The van der Waals surface area contributed by atoms with E-state index in [0.29, 0.717) is 12.3 Å². The number of hydrogen-bond acceptors (Lipinski definition) is 3. The van der Waals surface area contributed by atoms with E-state index in [2.05, 4.69) is 23.3 Å². The van der Waals surface area contributed by atoms with Crippen molar-refractivity contribution in [1.82, 2.24) is 10.6 Å². The fourth-order valence-corrected chi connectivity index (χ4v) is 1.08. The zero-order valence-electron chi connectivity index (χ0n) is 7.46. The lowest BCUT2D eigenvalue weighted by molar-refractivity contribution is -0.122. The largest absolute Gasteiger partial charge is 0.355 e. The predicted octanol–water partition coefficient (Wildman–Crippen LogP) is 0.452. The molecule has 0 aliphatic carbocycles. The van der Waals surface area contributed by atoms with Crippen LogP contribution in [0.5, 0.6) is 0 Å². The highest BCUT2D eigenvalue weighted by atomic mass is 35.5. The molecule has 5 heteroatoms. The van der Waals surface area contributed by atoms with Crippen LogP contribution in [0.3, 0.4) is 0 Å². The molecule has 0 unspecified atom stereocenters. The van der Waals surface area contributed by atoms with Gasteiger partial charge < -0.3 is 10.6 Å². The average Bonchev–Trinajstić information content (AvgIpc) is 2.00. The molecule has 2 N–H and O–H groups in total. The minimum Gasteiger partial charge on any atom is -0.355 e. The van der Waals surface area contributed by atoms with Gasteiger partial charge in [0.2, 0.25) is 5.91 Å². The standard InChI is InChI=1S/C7H16N2OS.ClH/c1-3-8-6(5-11)7(10)9-4-2;/h6,8,11H,3-5H2,1-2H3,(H,9,10);1H/t6-;/m0./s1. The van der Waals surface area contributed by atoms with Crippen LogP contribution in [0.25, 0.3) is 0 Å². The number of carbonyl (C=O) groups excluding carboxylic acids is 1. The highest BCUT2D eigenvalue weighted by molar-refractivity contribution is 7.80. The highest BCUT2D eigenvalue weighted by Crippen LogP contribution is 1.87. The zero-order valence-corrected chi connectivity index (χ0v) is 9.17. The molecule has 3 nitrogen and oxygen atoms in total. The normalized spacial score (nSPS) is 11.6. The van der Waals surface area contributed by atoms with Gasteiger partial charge >= 0.3 is 0 Å². The van der Waals surface area contributed by atoms with Gasteiger partial charge in [-0.05, 0) is 13.5 Å². The summed E-state index contributed by atoms with van der Waals surface area (Å²) >= 11 is 4.06. The molecule has 0 heterocycles. The van der Waals surface area contributed by atoms with Gasteiger partial charge in [0.1, 0.15) is 0 Å². The van der Waals surface area contributed by atoms with Crippen molar-refractivity contribution in [3.8, 4) is 0 Å². The van der Waals surface area contributed by atoms with E-state index in [1.54, 1.807) is 0 Å². The van der Waals surface area contributed by atoms with Gasteiger partial charge in [0.05, 0.1) is 6.04 Å². The van der Waals surface area contributed by atoms with E-state index in [1.165, 1.54) is 0 Å². The van der Waals surface area contributed by atoms with E-state index >= 15 is 0 Å². The first-order valence-electron chi connectivity index (χ1n) is 3.88. The Kier molecular flexibility index (Phi) is 11.1. The number of carbonyl (C=O) groups is 1. The summed E-state index contributed by atoms with van der Waals surface area (Å²) in [7, 11) is 0. The summed E-state index contributed by atoms with van der Waals surface area (Å²) in [4.78, 5) is 11.1. The van der Waals surface area contributed by atoms with Gasteiger partial charge in [-0.25, -0.2) is 0 Å². The zero-order chi connectivity index (χ0) is 8.69. The molecule has 0 aromatic heterocycles. The molecule has 0 spiro atoms. The summed E-state index contributed by atoms with van der Waals surface area (Å²) in [6.07, 6.45) is 0. The van der Waals surface area contributed by atoms with Crippen LogP contribution in [-0.2, 0) is 4.79 Å². The van der Waals surface area contributed by atoms with Crippen molar-refractivity contribution >= 4 is 30.9 Å². The van der Waals surface area contributed by atoms with E-state index in [0.717, 1.165) is 6.54 Å². The molecule has 0 aromatic carbocycles. The Bertz CT molecular complexity index is 124. The second-order valence-electron chi connectivity index (χ2n) is 2.19. The Hall–Kier alpha value is 0.0700. The maximum atomic E-state index is 11.1. The fourth-order valence-electron chi connectivity index (χ4n) is 0.784. The molecular formula is C7H17ClN2OS. The van der Waals surface area contributed by atoms with E-state index < -0.39 is 0 Å². The summed E-state index contributed by atoms with van der Waals surface area (Å²) in [5.74, 6) is 0.573. The first-order valence-corrected chi connectivity index (χ1v) is 4.51. The predicted molar refractivity (Wildman–Crippen MR) is 57.2 cm³/mol. The van der Waals surface area contributed by atoms with Gasteiger partial charge in [0, 0.05) is 12.3 Å². The highest BCUT2D eigenvalue weighted by Gasteiger charge is 2.13. The molecule has 0 aromatic rings. The van der Waals surface area contributed by atoms with Crippen LogP contribution in [0, 0.1) is 0 Å².